The Morgan fingerprint density at radius 3 is 2.04 bits per heavy atom. The number of ketones is 1. The van der Waals surface area contributed by atoms with Crippen LogP contribution in [0.25, 0.3) is 0 Å². The molecule has 0 radical (unpaired) electrons. The van der Waals surface area contributed by atoms with E-state index < -0.39 is 23.8 Å². The number of hydrogen-bond acceptors (Lipinski definition) is 3. The van der Waals surface area contributed by atoms with E-state index in [0.29, 0.717) is 10.6 Å². The summed E-state index contributed by atoms with van der Waals surface area (Å²) in [5.74, 6) is -2.28. The smallest absolute Gasteiger partial charge is 0.262 e. The summed E-state index contributed by atoms with van der Waals surface area (Å²) in [6.45, 7) is 1.74. The summed E-state index contributed by atoms with van der Waals surface area (Å²) in [7, 11) is 0. The van der Waals surface area contributed by atoms with Crippen molar-refractivity contribution >= 4 is 40.8 Å². The van der Waals surface area contributed by atoms with E-state index in [2.05, 4.69) is 0 Å². The molecule has 1 aliphatic heterocycles. The average molecular weight is 376 g/mol. The average Bonchev–Trinajstić information content (AvgIpc) is 2.89. The molecule has 128 valence electrons. The lowest BCUT2D eigenvalue weighted by molar-refractivity contribution is -0.128. The summed E-state index contributed by atoms with van der Waals surface area (Å²) in [4.78, 5) is 39.4. The Balaban J connectivity index is 1.89. The first-order valence-electron chi connectivity index (χ1n) is 7.82. The van der Waals surface area contributed by atoms with Gasteiger partial charge in [-0.25, -0.2) is 0 Å². The van der Waals surface area contributed by atoms with Gasteiger partial charge >= 0.3 is 0 Å². The summed E-state index contributed by atoms with van der Waals surface area (Å²) in [5.41, 5.74) is 0.539. The van der Waals surface area contributed by atoms with Crippen LogP contribution < -0.4 is 0 Å². The molecule has 4 nitrogen and oxygen atoms in total. The molecular formula is C19H15Cl2NO3. The molecule has 0 spiro atoms. The molecule has 0 saturated carbocycles. The maximum absolute atomic E-state index is 12.8. The van der Waals surface area contributed by atoms with Crippen molar-refractivity contribution < 1.29 is 14.4 Å². The van der Waals surface area contributed by atoms with Crippen molar-refractivity contribution in [1.82, 2.24) is 4.90 Å². The molecule has 6 heteroatoms. The number of rotatable bonds is 3. The fourth-order valence-electron chi connectivity index (χ4n) is 3.07. The second-order valence-electron chi connectivity index (χ2n) is 5.97. The van der Waals surface area contributed by atoms with Crippen molar-refractivity contribution in [2.45, 2.75) is 19.4 Å². The number of nitrogens with zero attached hydrogens (tertiary/aromatic N) is 1. The Morgan fingerprint density at radius 2 is 1.48 bits per heavy atom. The number of benzene rings is 2. The molecule has 0 bridgehead atoms. The highest BCUT2D eigenvalue weighted by molar-refractivity contribution is 6.35. The van der Waals surface area contributed by atoms with Crippen molar-refractivity contribution in [3.05, 3.63) is 69.7 Å². The monoisotopic (exact) mass is 375 g/mol. The van der Waals surface area contributed by atoms with Crippen molar-refractivity contribution in [1.29, 1.82) is 0 Å². The van der Waals surface area contributed by atoms with E-state index in [1.807, 2.05) is 0 Å². The summed E-state index contributed by atoms with van der Waals surface area (Å²) in [6.07, 6.45) is 0.263. The van der Waals surface area contributed by atoms with Crippen LogP contribution in [0.1, 0.15) is 34.1 Å². The van der Waals surface area contributed by atoms with Crippen LogP contribution in [0.3, 0.4) is 0 Å². The lowest BCUT2D eigenvalue weighted by Crippen LogP contribution is -2.39. The minimum absolute atomic E-state index is 0.246. The minimum atomic E-state index is -0.915. The van der Waals surface area contributed by atoms with Gasteiger partial charge in [0.25, 0.3) is 5.91 Å². The van der Waals surface area contributed by atoms with E-state index in [1.165, 1.54) is 0 Å². The van der Waals surface area contributed by atoms with Gasteiger partial charge in [0.15, 0.2) is 5.78 Å². The Kier molecular flexibility index (Phi) is 4.93. The lowest BCUT2D eigenvalue weighted by atomic mass is 9.95. The van der Waals surface area contributed by atoms with Gasteiger partial charge in [0.2, 0.25) is 5.91 Å². The van der Waals surface area contributed by atoms with E-state index in [-0.39, 0.29) is 22.8 Å². The Hall–Kier alpha value is -2.17. The zero-order chi connectivity index (χ0) is 18.1. The van der Waals surface area contributed by atoms with Crippen LogP contribution in [0.5, 0.6) is 0 Å². The van der Waals surface area contributed by atoms with E-state index in [9.17, 15) is 14.4 Å². The van der Waals surface area contributed by atoms with Crippen LogP contribution in [0, 0.1) is 5.92 Å². The number of imide groups is 1. The van der Waals surface area contributed by atoms with Gasteiger partial charge in [0, 0.05) is 11.6 Å². The van der Waals surface area contributed by atoms with Gasteiger partial charge in [-0.2, -0.15) is 0 Å². The van der Waals surface area contributed by atoms with Crippen LogP contribution >= 0.6 is 23.2 Å². The van der Waals surface area contributed by atoms with Gasteiger partial charge in [-0.1, -0.05) is 47.5 Å². The number of Topliss-reactive ketones (excluding diaryl/α,β-unsaturated/α-hetero) is 1. The van der Waals surface area contributed by atoms with Gasteiger partial charge in [0.1, 0.15) is 5.92 Å². The van der Waals surface area contributed by atoms with Crippen LogP contribution in [0.4, 0.5) is 0 Å². The summed E-state index contributed by atoms with van der Waals surface area (Å²) in [5, 5.41) is 0.567. The predicted molar refractivity (Wildman–Crippen MR) is 96.0 cm³/mol. The number of carbonyl (C=O) groups is 3. The summed E-state index contributed by atoms with van der Waals surface area (Å²) in [6, 6.07) is 12.7. The van der Waals surface area contributed by atoms with Gasteiger partial charge in [0.05, 0.1) is 15.6 Å². The van der Waals surface area contributed by atoms with Crippen LogP contribution in [0.2, 0.25) is 10.0 Å². The quantitative estimate of drug-likeness (QED) is 0.457. The van der Waals surface area contributed by atoms with Crippen molar-refractivity contribution in [2.75, 3.05) is 0 Å². The van der Waals surface area contributed by atoms with E-state index >= 15 is 0 Å². The van der Waals surface area contributed by atoms with E-state index in [1.54, 1.807) is 55.5 Å². The van der Waals surface area contributed by atoms with Gasteiger partial charge in [-0.05, 0) is 37.6 Å². The SMILES string of the molecule is CC1CC(C(=O)c2ccccc2Cl)C(=O)N1C(=O)c1ccccc1Cl. The highest BCUT2D eigenvalue weighted by Crippen LogP contribution is 2.31. The number of hydrogen-bond donors (Lipinski definition) is 0. The predicted octanol–water partition coefficient (Wildman–Crippen LogP) is 4.25. The third-order valence-electron chi connectivity index (χ3n) is 4.33. The van der Waals surface area contributed by atoms with E-state index in [4.69, 9.17) is 23.2 Å². The molecule has 2 unspecified atom stereocenters. The first-order valence-corrected chi connectivity index (χ1v) is 8.58. The lowest BCUT2D eigenvalue weighted by Gasteiger charge is -2.20. The standard InChI is InChI=1S/C19H15Cl2NO3/c1-11-10-14(17(23)12-6-2-4-8-15(12)20)19(25)22(11)18(24)13-7-3-5-9-16(13)21/h2-9,11,14H,10H2,1H3. The zero-order valence-electron chi connectivity index (χ0n) is 13.4. The minimum Gasteiger partial charge on any atom is -0.293 e. The van der Waals surface area contributed by atoms with Gasteiger partial charge in [-0.3, -0.25) is 19.3 Å². The third-order valence-corrected chi connectivity index (χ3v) is 4.99. The number of carbonyl (C=O) groups excluding carboxylic acids is 3. The van der Waals surface area contributed by atoms with Crippen LogP contribution in [-0.4, -0.2) is 28.5 Å². The maximum atomic E-state index is 12.8. The summed E-state index contributed by atoms with van der Waals surface area (Å²) >= 11 is 12.1. The summed E-state index contributed by atoms with van der Waals surface area (Å²) < 4.78 is 0. The van der Waals surface area contributed by atoms with Gasteiger partial charge in [-0.15, -0.1) is 0 Å². The molecule has 1 saturated heterocycles. The van der Waals surface area contributed by atoms with Crippen LogP contribution in [0.15, 0.2) is 48.5 Å². The molecule has 2 aromatic rings. The molecule has 2 amide bonds. The largest absolute Gasteiger partial charge is 0.293 e. The number of likely N-dealkylation sites (tertiary alicyclic amines) is 1. The molecule has 1 fully saturated rings. The third kappa shape index (κ3) is 3.20. The highest BCUT2D eigenvalue weighted by atomic mass is 35.5. The first-order chi connectivity index (χ1) is 11.9. The maximum Gasteiger partial charge on any atom is 0.262 e. The highest BCUT2D eigenvalue weighted by Gasteiger charge is 2.45. The fourth-order valence-corrected chi connectivity index (χ4v) is 3.51. The molecule has 25 heavy (non-hydrogen) atoms. The Labute approximate surface area is 155 Å². The molecule has 2 aromatic carbocycles. The Bertz CT molecular complexity index is 865. The number of amides is 2. The second kappa shape index (κ2) is 6.98. The normalized spacial score (nSPS) is 20.0. The van der Waals surface area contributed by atoms with Crippen molar-refractivity contribution in [3.63, 3.8) is 0 Å². The first kappa shape index (κ1) is 17.6. The van der Waals surface area contributed by atoms with Crippen molar-refractivity contribution in [2.24, 2.45) is 5.92 Å². The van der Waals surface area contributed by atoms with Crippen LogP contribution in [-0.2, 0) is 4.79 Å². The van der Waals surface area contributed by atoms with Gasteiger partial charge < -0.3 is 0 Å². The topological polar surface area (TPSA) is 54.5 Å². The molecule has 0 N–H and O–H groups in total. The second-order valence-corrected chi connectivity index (χ2v) is 6.79. The number of halogens is 2. The molecule has 0 aliphatic carbocycles. The molecule has 1 heterocycles. The molecular weight excluding hydrogens is 361 g/mol. The molecule has 2 atom stereocenters. The molecule has 1 aliphatic rings. The zero-order valence-corrected chi connectivity index (χ0v) is 14.9. The van der Waals surface area contributed by atoms with E-state index in [0.717, 1.165) is 4.90 Å². The molecule has 0 aromatic heterocycles. The molecule has 3 rings (SSSR count). The Morgan fingerprint density at radius 1 is 0.960 bits per heavy atom. The fraction of sp³-hybridized carbons (Fsp3) is 0.211. The van der Waals surface area contributed by atoms with Crippen molar-refractivity contribution in [3.8, 4) is 0 Å².